The van der Waals surface area contributed by atoms with Crippen LogP contribution < -0.4 is 5.32 Å². The second kappa shape index (κ2) is 8.46. The summed E-state index contributed by atoms with van der Waals surface area (Å²) < 4.78 is 11.4. The van der Waals surface area contributed by atoms with Gasteiger partial charge in [0.1, 0.15) is 6.61 Å². The summed E-state index contributed by atoms with van der Waals surface area (Å²) in [4.78, 5) is 11.7. The molecule has 0 saturated carbocycles. The lowest BCUT2D eigenvalue weighted by molar-refractivity contribution is -0.126. The number of nitrogens with one attached hydrogen (secondary N) is 1. The second-order valence-electron chi connectivity index (χ2n) is 6.94. The van der Waals surface area contributed by atoms with Gasteiger partial charge in [-0.25, -0.2) is 0 Å². The maximum Gasteiger partial charge on any atom is 0.246 e. The molecule has 0 aliphatic heterocycles. The zero-order chi connectivity index (χ0) is 16.6. The number of ether oxygens (including phenoxy) is 1. The first kappa shape index (κ1) is 18.9. The molecule has 22 heavy (non-hydrogen) atoms. The largest absolute Gasteiger partial charge is 0.415 e. The highest BCUT2D eigenvalue weighted by Crippen LogP contribution is 2.36. The van der Waals surface area contributed by atoms with Crippen molar-refractivity contribution in [1.82, 2.24) is 5.32 Å². The van der Waals surface area contributed by atoms with E-state index in [1.165, 1.54) is 0 Å². The Morgan fingerprint density at radius 2 is 1.82 bits per heavy atom. The molecule has 0 saturated heterocycles. The third-order valence-corrected chi connectivity index (χ3v) is 8.58. The van der Waals surface area contributed by atoms with E-state index in [1.807, 2.05) is 30.3 Å². The van der Waals surface area contributed by atoms with Crippen molar-refractivity contribution in [3.05, 3.63) is 35.9 Å². The molecule has 0 fully saturated rings. The van der Waals surface area contributed by atoms with Crippen LogP contribution in [0.4, 0.5) is 0 Å². The van der Waals surface area contributed by atoms with Gasteiger partial charge in [-0.3, -0.25) is 4.79 Å². The highest BCUT2D eigenvalue weighted by Gasteiger charge is 2.36. The monoisotopic (exact) mass is 323 g/mol. The zero-order valence-electron chi connectivity index (χ0n) is 14.4. The van der Waals surface area contributed by atoms with E-state index < -0.39 is 8.32 Å². The Balaban J connectivity index is 2.14. The van der Waals surface area contributed by atoms with Crippen molar-refractivity contribution in [3.8, 4) is 0 Å². The van der Waals surface area contributed by atoms with E-state index in [-0.39, 0.29) is 17.6 Å². The van der Waals surface area contributed by atoms with E-state index in [0.29, 0.717) is 19.8 Å². The summed E-state index contributed by atoms with van der Waals surface area (Å²) in [5.74, 6) is -0.102. The Bertz CT molecular complexity index is 455. The van der Waals surface area contributed by atoms with Crippen LogP contribution in [0.5, 0.6) is 0 Å². The Morgan fingerprint density at radius 3 is 2.41 bits per heavy atom. The summed E-state index contributed by atoms with van der Waals surface area (Å²) in [5, 5.41) is 3.02. The molecule has 1 aromatic rings. The van der Waals surface area contributed by atoms with Gasteiger partial charge in [0.05, 0.1) is 13.2 Å². The van der Waals surface area contributed by atoms with Gasteiger partial charge >= 0.3 is 0 Å². The van der Waals surface area contributed by atoms with Crippen molar-refractivity contribution in [2.75, 3.05) is 19.8 Å². The van der Waals surface area contributed by atoms with Gasteiger partial charge in [-0.1, -0.05) is 51.1 Å². The van der Waals surface area contributed by atoms with E-state index in [4.69, 9.17) is 9.16 Å². The van der Waals surface area contributed by atoms with Crippen molar-refractivity contribution in [1.29, 1.82) is 0 Å². The van der Waals surface area contributed by atoms with Crippen molar-refractivity contribution in [2.24, 2.45) is 0 Å². The lowest BCUT2D eigenvalue weighted by Gasteiger charge is -2.36. The van der Waals surface area contributed by atoms with Gasteiger partial charge in [0.15, 0.2) is 8.32 Å². The van der Waals surface area contributed by atoms with Gasteiger partial charge in [-0.15, -0.1) is 0 Å². The molecule has 0 aromatic heterocycles. The molecule has 0 heterocycles. The minimum Gasteiger partial charge on any atom is -0.415 e. The fraction of sp³-hybridized carbons (Fsp3) is 0.588. The predicted molar refractivity (Wildman–Crippen MR) is 92.3 cm³/mol. The molecule has 4 nitrogen and oxygen atoms in total. The highest BCUT2D eigenvalue weighted by atomic mass is 28.4. The fourth-order valence-electron chi connectivity index (χ4n) is 1.60. The number of carbonyl (C=O) groups is 1. The van der Waals surface area contributed by atoms with Gasteiger partial charge in [-0.05, 0) is 23.7 Å². The van der Waals surface area contributed by atoms with E-state index in [1.54, 1.807) is 0 Å². The van der Waals surface area contributed by atoms with Crippen molar-refractivity contribution in [2.45, 2.75) is 45.5 Å². The zero-order valence-corrected chi connectivity index (χ0v) is 15.4. The highest BCUT2D eigenvalue weighted by molar-refractivity contribution is 6.74. The topological polar surface area (TPSA) is 47.6 Å². The summed E-state index contributed by atoms with van der Waals surface area (Å²) in [6.45, 7) is 12.6. The summed E-state index contributed by atoms with van der Waals surface area (Å²) in [7, 11) is -1.73. The standard InChI is InChI=1S/C17H29NO3Si/c1-17(2,3)22(4,5)21-12-11-18-16(19)14-20-13-15-9-7-6-8-10-15/h6-10H,11-14H2,1-5H3,(H,18,19). The Hall–Kier alpha value is -1.17. The van der Waals surface area contributed by atoms with E-state index in [0.717, 1.165) is 5.56 Å². The number of carbonyl (C=O) groups excluding carboxylic acids is 1. The smallest absolute Gasteiger partial charge is 0.246 e. The Labute approximate surface area is 135 Å². The molecule has 124 valence electrons. The molecule has 0 aliphatic rings. The third-order valence-electron chi connectivity index (χ3n) is 4.04. The maximum atomic E-state index is 11.7. The van der Waals surface area contributed by atoms with E-state index in [2.05, 4.69) is 39.2 Å². The van der Waals surface area contributed by atoms with E-state index >= 15 is 0 Å². The van der Waals surface area contributed by atoms with Gasteiger partial charge in [0.25, 0.3) is 0 Å². The first-order valence-electron chi connectivity index (χ1n) is 7.75. The number of benzene rings is 1. The Morgan fingerprint density at radius 1 is 1.18 bits per heavy atom. The fourth-order valence-corrected chi connectivity index (χ4v) is 2.65. The lowest BCUT2D eigenvalue weighted by Crippen LogP contribution is -2.43. The molecule has 0 aliphatic carbocycles. The average molecular weight is 324 g/mol. The SMILES string of the molecule is CC(C)(C)[Si](C)(C)OCCNC(=O)COCc1ccccc1. The average Bonchev–Trinajstić information content (AvgIpc) is 2.43. The number of hydrogen-bond donors (Lipinski definition) is 1. The normalized spacial score (nSPS) is 12.2. The second-order valence-corrected chi connectivity index (χ2v) is 11.7. The molecule has 0 radical (unpaired) electrons. The van der Waals surface area contributed by atoms with Gasteiger partial charge in [0, 0.05) is 6.54 Å². The number of rotatable bonds is 8. The molecule has 0 atom stereocenters. The number of hydrogen-bond acceptors (Lipinski definition) is 3. The molecule has 0 unspecified atom stereocenters. The van der Waals surface area contributed by atoms with Crippen LogP contribution in [0.1, 0.15) is 26.3 Å². The minimum absolute atomic E-state index is 0.0784. The van der Waals surface area contributed by atoms with Gasteiger partial charge in [-0.2, -0.15) is 0 Å². The molecular weight excluding hydrogens is 294 g/mol. The van der Waals surface area contributed by atoms with Crippen LogP contribution in [0.2, 0.25) is 18.1 Å². The quantitative estimate of drug-likeness (QED) is 0.589. The van der Waals surface area contributed by atoms with Crippen LogP contribution in [-0.4, -0.2) is 34.0 Å². The summed E-state index contributed by atoms with van der Waals surface area (Å²) >= 11 is 0. The van der Waals surface area contributed by atoms with Gasteiger partial charge in [0.2, 0.25) is 5.91 Å². The van der Waals surface area contributed by atoms with Crippen LogP contribution in [0.25, 0.3) is 0 Å². The molecule has 5 heteroatoms. The van der Waals surface area contributed by atoms with Crippen LogP contribution >= 0.6 is 0 Å². The number of amides is 1. The van der Waals surface area contributed by atoms with Crippen LogP contribution in [0.15, 0.2) is 30.3 Å². The minimum atomic E-state index is -1.73. The van der Waals surface area contributed by atoms with Crippen LogP contribution in [0, 0.1) is 0 Å². The molecule has 0 spiro atoms. The summed E-state index contributed by atoms with van der Waals surface area (Å²) in [6, 6.07) is 9.82. The molecule has 0 bridgehead atoms. The molecule has 1 aromatic carbocycles. The maximum absolute atomic E-state index is 11.7. The molecule has 1 amide bonds. The van der Waals surface area contributed by atoms with Crippen molar-refractivity contribution in [3.63, 3.8) is 0 Å². The van der Waals surface area contributed by atoms with Crippen LogP contribution in [0.3, 0.4) is 0 Å². The summed E-state index contributed by atoms with van der Waals surface area (Å²) in [5.41, 5.74) is 1.07. The Kier molecular flexibility index (Phi) is 7.26. The molecular formula is C17H29NO3Si. The lowest BCUT2D eigenvalue weighted by atomic mass is 10.2. The summed E-state index contributed by atoms with van der Waals surface area (Å²) in [6.07, 6.45) is 0. The predicted octanol–water partition coefficient (Wildman–Crippen LogP) is 3.34. The molecule has 1 N–H and O–H groups in total. The van der Waals surface area contributed by atoms with Crippen molar-refractivity contribution >= 4 is 14.2 Å². The van der Waals surface area contributed by atoms with Crippen LogP contribution in [-0.2, 0) is 20.6 Å². The van der Waals surface area contributed by atoms with E-state index in [9.17, 15) is 4.79 Å². The van der Waals surface area contributed by atoms with Gasteiger partial charge < -0.3 is 14.5 Å². The first-order chi connectivity index (χ1) is 10.2. The molecule has 1 rings (SSSR count). The first-order valence-corrected chi connectivity index (χ1v) is 10.7. The third kappa shape index (κ3) is 6.73. The van der Waals surface area contributed by atoms with Crippen molar-refractivity contribution < 1.29 is 14.0 Å².